The van der Waals surface area contributed by atoms with Crippen LogP contribution in [0.3, 0.4) is 0 Å². The fourth-order valence-electron chi connectivity index (χ4n) is 1.99. The van der Waals surface area contributed by atoms with Crippen LogP contribution in [0.2, 0.25) is 5.02 Å². The first-order valence-corrected chi connectivity index (χ1v) is 7.71. The van der Waals surface area contributed by atoms with Gasteiger partial charge in [-0.15, -0.1) is 11.3 Å². The molecule has 1 aromatic heterocycles. The lowest BCUT2D eigenvalue weighted by molar-refractivity contribution is -0.144. The zero-order chi connectivity index (χ0) is 15.6. The topological polar surface area (TPSA) is 55.4 Å². The van der Waals surface area contributed by atoms with Gasteiger partial charge in [0.05, 0.1) is 12.1 Å². The Morgan fingerprint density at radius 3 is 2.52 bits per heavy atom. The first kappa shape index (κ1) is 15.8. The van der Waals surface area contributed by atoms with E-state index in [1.165, 1.54) is 18.4 Å². The third kappa shape index (κ3) is 3.19. The van der Waals surface area contributed by atoms with Gasteiger partial charge in [-0.2, -0.15) is 0 Å². The average molecular weight is 326 g/mol. The maximum Gasteiger partial charge on any atom is 0.328 e. The molecule has 0 saturated carbocycles. The van der Waals surface area contributed by atoms with Crippen LogP contribution >= 0.6 is 22.9 Å². The molecule has 112 valence electrons. The molecule has 4 nitrogen and oxygen atoms in total. The van der Waals surface area contributed by atoms with Crippen LogP contribution in [0.25, 0.3) is 10.1 Å². The van der Waals surface area contributed by atoms with Gasteiger partial charge in [0, 0.05) is 10.1 Å². The van der Waals surface area contributed by atoms with E-state index in [4.69, 9.17) is 16.3 Å². The Morgan fingerprint density at radius 2 is 1.95 bits per heavy atom. The maximum absolute atomic E-state index is 12.4. The molecule has 0 aliphatic rings. The minimum Gasteiger partial charge on any atom is -0.467 e. The van der Waals surface area contributed by atoms with Gasteiger partial charge in [0.25, 0.3) is 5.91 Å². The van der Waals surface area contributed by atoms with Crippen LogP contribution in [0.1, 0.15) is 23.5 Å². The molecular weight excluding hydrogens is 310 g/mol. The van der Waals surface area contributed by atoms with Crippen molar-refractivity contribution in [3.8, 4) is 0 Å². The Kier molecular flexibility index (Phi) is 4.85. The van der Waals surface area contributed by atoms with Crippen molar-refractivity contribution in [1.82, 2.24) is 5.32 Å². The summed E-state index contributed by atoms with van der Waals surface area (Å²) < 4.78 is 5.65. The monoisotopic (exact) mass is 325 g/mol. The van der Waals surface area contributed by atoms with Crippen molar-refractivity contribution >= 4 is 44.9 Å². The Hall–Kier alpha value is -1.59. The highest BCUT2D eigenvalue weighted by molar-refractivity contribution is 7.21. The van der Waals surface area contributed by atoms with E-state index in [1.807, 2.05) is 38.1 Å². The Balaban J connectivity index is 2.29. The molecule has 21 heavy (non-hydrogen) atoms. The molecule has 0 aliphatic carbocycles. The number of hydrogen-bond acceptors (Lipinski definition) is 4. The minimum absolute atomic E-state index is 0.0745. The van der Waals surface area contributed by atoms with Gasteiger partial charge in [-0.05, 0) is 12.0 Å². The number of rotatable bonds is 4. The number of benzene rings is 1. The van der Waals surface area contributed by atoms with Gasteiger partial charge in [0.15, 0.2) is 0 Å². The zero-order valence-electron chi connectivity index (χ0n) is 12.0. The molecule has 0 fully saturated rings. The predicted molar refractivity (Wildman–Crippen MR) is 84.9 cm³/mol. The number of fused-ring (bicyclic) bond motifs is 1. The predicted octanol–water partition coefficient (Wildman–Crippen LogP) is 3.48. The molecule has 0 spiro atoms. The van der Waals surface area contributed by atoms with E-state index in [-0.39, 0.29) is 11.8 Å². The highest BCUT2D eigenvalue weighted by Crippen LogP contribution is 2.35. The van der Waals surface area contributed by atoms with Crippen molar-refractivity contribution < 1.29 is 14.3 Å². The summed E-state index contributed by atoms with van der Waals surface area (Å²) >= 11 is 7.57. The van der Waals surface area contributed by atoms with E-state index >= 15 is 0 Å². The standard InChI is InChI=1S/C15H16ClNO3S/c1-8(2)12(15(19)20-3)17-14(18)13-11(16)9-6-4-5-7-10(9)21-13/h4-8,12H,1-3H3,(H,17,18). The van der Waals surface area contributed by atoms with E-state index in [9.17, 15) is 9.59 Å². The second-order valence-corrected chi connectivity index (χ2v) is 6.39. The van der Waals surface area contributed by atoms with E-state index in [0.717, 1.165) is 10.1 Å². The van der Waals surface area contributed by atoms with Crippen molar-refractivity contribution in [3.05, 3.63) is 34.2 Å². The van der Waals surface area contributed by atoms with E-state index in [0.29, 0.717) is 9.90 Å². The van der Waals surface area contributed by atoms with Gasteiger partial charge in [-0.3, -0.25) is 4.79 Å². The minimum atomic E-state index is -0.691. The summed E-state index contributed by atoms with van der Waals surface area (Å²) in [5.74, 6) is -0.893. The number of methoxy groups -OCH3 is 1. The molecule has 1 N–H and O–H groups in total. The molecule has 1 amide bonds. The normalized spacial score (nSPS) is 12.4. The summed E-state index contributed by atoms with van der Waals surface area (Å²) in [6.07, 6.45) is 0. The second-order valence-electron chi connectivity index (χ2n) is 4.96. The summed E-state index contributed by atoms with van der Waals surface area (Å²) in [5, 5.41) is 3.96. The molecule has 0 bridgehead atoms. The van der Waals surface area contributed by atoms with Gasteiger partial charge in [-0.25, -0.2) is 4.79 Å². The molecule has 0 aliphatic heterocycles. The lowest BCUT2D eigenvalue weighted by Crippen LogP contribution is -2.44. The lowest BCUT2D eigenvalue weighted by atomic mass is 10.0. The van der Waals surface area contributed by atoms with Crippen LogP contribution in [0.4, 0.5) is 0 Å². The number of thiophene rings is 1. The zero-order valence-corrected chi connectivity index (χ0v) is 13.5. The second kappa shape index (κ2) is 6.45. The average Bonchev–Trinajstić information content (AvgIpc) is 2.81. The SMILES string of the molecule is COC(=O)C(NC(=O)c1sc2ccccc2c1Cl)C(C)C. The van der Waals surface area contributed by atoms with E-state index in [2.05, 4.69) is 5.32 Å². The Morgan fingerprint density at radius 1 is 1.29 bits per heavy atom. The first-order valence-electron chi connectivity index (χ1n) is 6.51. The molecule has 6 heteroatoms. The fraction of sp³-hybridized carbons (Fsp3) is 0.333. The van der Waals surface area contributed by atoms with E-state index < -0.39 is 12.0 Å². The molecular formula is C15H16ClNO3S. The lowest BCUT2D eigenvalue weighted by Gasteiger charge is -2.19. The number of ether oxygens (including phenoxy) is 1. The summed E-state index contributed by atoms with van der Waals surface area (Å²) in [6.45, 7) is 3.68. The quantitative estimate of drug-likeness (QED) is 0.876. The van der Waals surface area contributed by atoms with Crippen LogP contribution in [0, 0.1) is 5.92 Å². The molecule has 0 radical (unpaired) electrons. The number of carbonyl (C=O) groups is 2. The van der Waals surface area contributed by atoms with E-state index in [1.54, 1.807) is 0 Å². The van der Waals surface area contributed by atoms with Crippen molar-refractivity contribution in [2.75, 3.05) is 7.11 Å². The van der Waals surface area contributed by atoms with Crippen molar-refractivity contribution in [2.45, 2.75) is 19.9 Å². The van der Waals surface area contributed by atoms with Crippen LogP contribution in [0.5, 0.6) is 0 Å². The summed E-state index contributed by atoms with van der Waals surface area (Å²) in [5.41, 5.74) is 0. The third-order valence-corrected chi connectivity index (χ3v) is 4.82. The number of halogens is 1. The van der Waals surface area contributed by atoms with Crippen molar-refractivity contribution in [1.29, 1.82) is 0 Å². The van der Waals surface area contributed by atoms with Crippen LogP contribution in [0.15, 0.2) is 24.3 Å². The summed E-state index contributed by atoms with van der Waals surface area (Å²) in [4.78, 5) is 24.5. The number of hydrogen-bond donors (Lipinski definition) is 1. The molecule has 1 aromatic carbocycles. The van der Waals surface area contributed by atoms with Gasteiger partial charge < -0.3 is 10.1 Å². The largest absolute Gasteiger partial charge is 0.467 e. The van der Waals surface area contributed by atoms with Crippen molar-refractivity contribution in [3.63, 3.8) is 0 Å². The third-order valence-electron chi connectivity index (χ3n) is 3.15. The fourth-order valence-corrected chi connectivity index (χ4v) is 3.41. The number of amides is 1. The van der Waals surface area contributed by atoms with Gasteiger partial charge in [-0.1, -0.05) is 43.6 Å². The number of nitrogens with one attached hydrogen (secondary N) is 1. The Labute approximate surface area is 132 Å². The summed E-state index contributed by atoms with van der Waals surface area (Å²) in [7, 11) is 1.30. The smallest absolute Gasteiger partial charge is 0.328 e. The number of carbonyl (C=O) groups excluding carboxylic acids is 2. The van der Waals surface area contributed by atoms with Gasteiger partial charge in [0.1, 0.15) is 10.9 Å². The highest BCUT2D eigenvalue weighted by atomic mass is 35.5. The van der Waals surface area contributed by atoms with Crippen molar-refractivity contribution in [2.24, 2.45) is 5.92 Å². The number of esters is 1. The van der Waals surface area contributed by atoms with Crippen LogP contribution in [-0.4, -0.2) is 25.0 Å². The van der Waals surface area contributed by atoms with Gasteiger partial charge in [0.2, 0.25) is 0 Å². The van der Waals surface area contributed by atoms with Gasteiger partial charge >= 0.3 is 5.97 Å². The Bertz CT molecular complexity index is 681. The molecule has 2 rings (SSSR count). The highest BCUT2D eigenvalue weighted by Gasteiger charge is 2.27. The maximum atomic E-state index is 12.4. The van der Waals surface area contributed by atoms with Crippen LogP contribution < -0.4 is 5.32 Å². The molecule has 2 aromatic rings. The summed E-state index contributed by atoms with van der Waals surface area (Å²) in [6, 6.07) is 6.84. The first-order chi connectivity index (χ1) is 9.95. The molecule has 0 saturated heterocycles. The van der Waals surface area contributed by atoms with Crippen LogP contribution in [-0.2, 0) is 9.53 Å². The molecule has 1 atom stereocenters. The molecule has 1 unspecified atom stereocenters. The molecule has 1 heterocycles.